The number of ether oxygens (including phenoxy) is 4. The van der Waals surface area contributed by atoms with Crippen LogP contribution in [0, 0.1) is 0 Å². The zero-order valence-electron chi connectivity index (χ0n) is 25.6. The van der Waals surface area contributed by atoms with Crippen LogP contribution in [-0.4, -0.2) is 37.4 Å². The van der Waals surface area contributed by atoms with Crippen molar-refractivity contribution in [2.24, 2.45) is 0 Å². The molecule has 0 atom stereocenters. The molecule has 3 rings (SSSR count). The van der Waals surface area contributed by atoms with Crippen molar-refractivity contribution in [2.75, 3.05) is 13.2 Å². The molecule has 0 radical (unpaired) electrons. The van der Waals surface area contributed by atoms with Crippen LogP contribution in [0.15, 0.2) is 111 Å². The highest BCUT2D eigenvalue weighted by molar-refractivity contribution is 5.88. The highest BCUT2D eigenvalue weighted by atomic mass is 16.5. The number of unbranched alkanes of at least 4 members (excludes halogenated alkanes) is 4. The van der Waals surface area contributed by atoms with Crippen molar-refractivity contribution in [1.29, 1.82) is 0 Å². The van der Waals surface area contributed by atoms with Crippen molar-refractivity contribution in [3.8, 4) is 22.6 Å². The molecule has 3 aromatic carbocycles. The molecule has 3 aromatic rings. The van der Waals surface area contributed by atoms with Crippen LogP contribution in [0.2, 0.25) is 0 Å². The minimum Gasteiger partial charge on any atom is -0.494 e. The lowest BCUT2D eigenvalue weighted by Gasteiger charge is -2.10. The van der Waals surface area contributed by atoms with Gasteiger partial charge in [-0.1, -0.05) is 56.6 Å². The van der Waals surface area contributed by atoms with Crippen LogP contribution in [0.4, 0.5) is 0 Å². The first-order valence-electron chi connectivity index (χ1n) is 15.2. The second kappa shape index (κ2) is 18.9. The van der Waals surface area contributed by atoms with Gasteiger partial charge in [0.25, 0.3) is 0 Å². The summed E-state index contributed by atoms with van der Waals surface area (Å²) >= 11 is 0. The summed E-state index contributed by atoms with van der Waals surface area (Å²) in [6.45, 7) is 15.7. The average Bonchev–Trinajstić information content (AvgIpc) is 3.05. The molecule has 0 saturated carbocycles. The second-order valence-corrected chi connectivity index (χ2v) is 10.4. The fraction of sp³-hybridized carbons (Fsp3) is 0.316. The topological polar surface area (TPSA) is 71.1 Å². The molecule has 0 heterocycles. The predicted octanol–water partition coefficient (Wildman–Crippen LogP) is 8.95. The molecular weight excluding hydrogens is 552 g/mol. The average molecular weight is 597 g/mol. The zero-order chi connectivity index (χ0) is 31.6. The van der Waals surface area contributed by atoms with E-state index in [9.17, 15) is 9.59 Å². The van der Waals surface area contributed by atoms with E-state index in [0.29, 0.717) is 26.1 Å². The number of hydrogen-bond donors (Lipinski definition) is 0. The second-order valence-electron chi connectivity index (χ2n) is 10.4. The SMILES string of the molecule is C=CC(C=C)OC(=O)CCCCCOc1ccc(-c2ccc3cc(OCCCCCC(=O)OC(C=C)C=C)ccc3c2)cc1. The summed E-state index contributed by atoms with van der Waals surface area (Å²) in [5.41, 5.74) is 2.25. The van der Waals surface area contributed by atoms with E-state index in [4.69, 9.17) is 18.9 Å². The molecular formula is C38H44O6. The van der Waals surface area contributed by atoms with Crippen molar-refractivity contribution in [2.45, 2.75) is 63.6 Å². The Kier molecular flexibility index (Phi) is 14.5. The lowest BCUT2D eigenvalue weighted by molar-refractivity contribution is -0.146. The van der Waals surface area contributed by atoms with Crippen molar-refractivity contribution in [3.63, 3.8) is 0 Å². The monoisotopic (exact) mass is 596 g/mol. The first-order valence-corrected chi connectivity index (χ1v) is 15.2. The first kappa shape index (κ1) is 33.9. The molecule has 0 fully saturated rings. The van der Waals surface area contributed by atoms with Gasteiger partial charge in [-0.15, -0.1) is 0 Å². The summed E-state index contributed by atoms with van der Waals surface area (Å²) in [4.78, 5) is 23.6. The van der Waals surface area contributed by atoms with Gasteiger partial charge in [-0.3, -0.25) is 9.59 Å². The van der Waals surface area contributed by atoms with Crippen LogP contribution < -0.4 is 9.47 Å². The smallest absolute Gasteiger partial charge is 0.306 e. The minimum absolute atomic E-state index is 0.235. The molecule has 44 heavy (non-hydrogen) atoms. The van der Waals surface area contributed by atoms with E-state index in [-0.39, 0.29) is 11.9 Å². The van der Waals surface area contributed by atoms with Crippen molar-refractivity contribution in [1.82, 2.24) is 0 Å². The Morgan fingerprint density at radius 3 is 1.55 bits per heavy atom. The summed E-state index contributed by atoms with van der Waals surface area (Å²) in [7, 11) is 0. The van der Waals surface area contributed by atoms with E-state index in [1.165, 1.54) is 0 Å². The number of benzene rings is 3. The van der Waals surface area contributed by atoms with Crippen LogP contribution in [0.1, 0.15) is 51.4 Å². The third-order valence-electron chi connectivity index (χ3n) is 7.05. The van der Waals surface area contributed by atoms with Crippen LogP contribution in [0.5, 0.6) is 11.5 Å². The number of fused-ring (bicyclic) bond motifs is 1. The molecule has 0 N–H and O–H groups in total. The largest absolute Gasteiger partial charge is 0.494 e. The molecule has 0 aliphatic carbocycles. The third kappa shape index (κ3) is 11.6. The van der Waals surface area contributed by atoms with Gasteiger partial charge in [-0.05, 0) is 115 Å². The highest BCUT2D eigenvalue weighted by Crippen LogP contribution is 2.28. The van der Waals surface area contributed by atoms with E-state index in [1.54, 1.807) is 24.3 Å². The summed E-state index contributed by atoms with van der Waals surface area (Å²) in [6, 6.07) is 20.6. The Labute approximate surface area is 261 Å². The van der Waals surface area contributed by atoms with Crippen LogP contribution >= 0.6 is 0 Å². The molecule has 0 aliphatic rings. The molecule has 0 saturated heterocycles. The summed E-state index contributed by atoms with van der Waals surface area (Å²) in [6.07, 6.45) is 11.1. The summed E-state index contributed by atoms with van der Waals surface area (Å²) < 4.78 is 22.3. The van der Waals surface area contributed by atoms with Gasteiger partial charge in [0, 0.05) is 12.8 Å². The van der Waals surface area contributed by atoms with Crippen LogP contribution in [0.25, 0.3) is 21.9 Å². The molecule has 0 unspecified atom stereocenters. The molecule has 232 valence electrons. The minimum atomic E-state index is -0.428. The fourth-order valence-corrected chi connectivity index (χ4v) is 4.52. The predicted molar refractivity (Wildman–Crippen MR) is 178 cm³/mol. The van der Waals surface area contributed by atoms with Crippen LogP contribution in [0.3, 0.4) is 0 Å². The lowest BCUT2D eigenvalue weighted by Crippen LogP contribution is -2.13. The van der Waals surface area contributed by atoms with Gasteiger partial charge in [0.1, 0.15) is 23.7 Å². The Balaban J connectivity index is 1.37. The molecule has 0 bridgehead atoms. The van der Waals surface area contributed by atoms with E-state index in [0.717, 1.165) is 71.9 Å². The van der Waals surface area contributed by atoms with E-state index in [2.05, 4.69) is 68.8 Å². The van der Waals surface area contributed by atoms with E-state index >= 15 is 0 Å². The van der Waals surface area contributed by atoms with Gasteiger partial charge in [0.2, 0.25) is 0 Å². The zero-order valence-corrected chi connectivity index (χ0v) is 25.6. The van der Waals surface area contributed by atoms with E-state index < -0.39 is 12.2 Å². The highest BCUT2D eigenvalue weighted by Gasteiger charge is 2.09. The Morgan fingerprint density at radius 1 is 0.545 bits per heavy atom. The van der Waals surface area contributed by atoms with Crippen molar-refractivity contribution >= 4 is 22.7 Å². The maximum atomic E-state index is 11.8. The first-order chi connectivity index (χ1) is 21.4. The normalized spacial score (nSPS) is 10.8. The number of carbonyl (C=O) groups excluding carboxylic acids is 2. The number of carbonyl (C=O) groups is 2. The maximum absolute atomic E-state index is 11.8. The number of esters is 2. The maximum Gasteiger partial charge on any atom is 0.306 e. The van der Waals surface area contributed by atoms with Gasteiger partial charge in [-0.25, -0.2) is 0 Å². The number of hydrogen-bond acceptors (Lipinski definition) is 6. The van der Waals surface area contributed by atoms with Crippen molar-refractivity contribution in [3.05, 3.63) is 111 Å². The molecule has 0 aromatic heterocycles. The fourth-order valence-electron chi connectivity index (χ4n) is 4.52. The van der Waals surface area contributed by atoms with Gasteiger partial charge in [0.15, 0.2) is 0 Å². The van der Waals surface area contributed by atoms with Crippen molar-refractivity contribution < 1.29 is 28.5 Å². The lowest BCUT2D eigenvalue weighted by atomic mass is 10.0. The van der Waals surface area contributed by atoms with Gasteiger partial charge < -0.3 is 18.9 Å². The molecule has 6 heteroatoms. The van der Waals surface area contributed by atoms with Gasteiger partial charge in [-0.2, -0.15) is 0 Å². The summed E-state index contributed by atoms with van der Waals surface area (Å²) in [5, 5.41) is 2.25. The Bertz CT molecular complexity index is 1370. The Morgan fingerprint density at radius 2 is 1.00 bits per heavy atom. The molecule has 0 aliphatic heterocycles. The standard InChI is InChI=1S/C38H44O6/c1-5-33(6-2)43-37(39)15-11-9-13-25-41-35-22-19-29(20-23-35)30-17-18-32-28-36(24-21-31(32)27-30)42-26-14-10-12-16-38(40)44-34(7-3)8-4/h5-8,17-24,27-28,33-34H,1-4,9-16,25-26H2. The quantitative estimate of drug-likeness (QED) is 0.0694. The summed E-state index contributed by atoms with van der Waals surface area (Å²) in [5.74, 6) is 1.19. The third-order valence-corrected chi connectivity index (χ3v) is 7.05. The van der Waals surface area contributed by atoms with E-state index in [1.807, 2.05) is 18.2 Å². The molecule has 6 nitrogen and oxygen atoms in total. The Hall–Kier alpha value is -4.58. The van der Waals surface area contributed by atoms with Gasteiger partial charge >= 0.3 is 11.9 Å². The number of rotatable bonds is 21. The van der Waals surface area contributed by atoms with Gasteiger partial charge in [0.05, 0.1) is 13.2 Å². The molecule has 0 spiro atoms. The van der Waals surface area contributed by atoms with Crippen LogP contribution in [-0.2, 0) is 19.1 Å². The molecule has 0 amide bonds.